The molecule has 0 saturated carbocycles. The molecule has 2 rings (SSSR count). The van der Waals surface area contributed by atoms with Gasteiger partial charge < -0.3 is 8.85 Å². The van der Waals surface area contributed by atoms with Crippen LogP contribution in [-0.4, -0.2) is 27.4 Å². The Morgan fingerprint density at radius 1 is 0.913 bits per heavy atom. The van der Waals surface area contributed by atoms with Crippen molar-refractivity contribution in [3.05, 3.63) is 60.7 Å². The van der Waals surface area contributed by atoms with E-state index >= 15 is 0 Å². The molecule has 0 amide bonds. The van der Waals surface area contributed by atoms with Gasteiger partial charge in [0.1, 0.15) is 6.10 Å². The molecule has 0 aliphatic heterocycles. The van der Waals surface area contributed by atoms with Gasteiger partial charge in [-0.25, -0.2) is 0 Å². The fourth-order valence-electron chi connectivity index (χ4n) is 2.34. The van der Waals surface area contributed by atoms with Crippen molar-refractivity contribution in [2.75, 3.05) is 6.61 Å². The van der Waals surface area contributed by atoms with Crippen molar-refractivity contribution in [2.45, 2.75) is 26.1 Å². The molecule has 1 atom stereocenters. The Kier molecular flexibility index (Phi) is 5.62. The van der Waals surface area contributed by atoms with Crippen molar-refractivity contribution >= 4 is 18.9 Å². The first kappa shape index (κ1) is 17.7. The predicted molar refractivity (Wildman–Crippen MR) is 86.1 cm³/mol. The summed E-state index contributed by atoms with van der Waals surface area (Å²) in [6.07, 6.45) is -6.36. The second kappa shape index (κ2) is 7.29. The molecule has 0 radical (unpaired) electrons. The molecule has 0 aliphatic carbocycles. The van der Waals surface area contributed by atoms with Crippen molar-refractivity contribution in [1.29, 1.82) is 0 Å². The molecule has 0 saturated heterocycles. The maximum atomic E-state index is 13.1. The predicted octanol–water partition coefficient (Wildman–Crippen LogP) is 3.25. The number of hydrogen-bond acceptors (Lipinski definition) is 2. The molecular weight excluding hydrogens is 321 g/mol. The Morgan fingerprint density at radius 3 is 1.70 bits per heavy atom. The van der Waals surface area contributed by atoms with E-state index < -0.39 is 20.8 Å². The number of rotatable bonds is 6. The van der Waals surface area contributed by atoms with Crippen LogP contribution >= 0.6 is 0 Å². The minimum Gasteiger partial charge on any atom is -0.388 e. The van der Waals surface area contributed by atoms with E-state index in [2.05, 4.69) is 0 Å². The number of halogens is 3. The number of benzene rings is 2. The molecule has 0 aliphatic rings. The Hall–Kier alpha value is -1.63. The topological polar surface area (TPSA) is 18.5 Å². The van der Waals surface area contributed by atoms with Crippen LogP contribution in [0.15, 0.2) is 60.7 Å². The summed E-state index contributed by atoms with van der Waals surface area (Å²) in [5.41, 5.74) is 0. The monoisotopic (exact) mass is 340 g/mol. The molecule has 0 bridgehead atoms. The summed E-state index contributed by atoms with van der Waals surface area (Å²) in [5.74, 6) is 0. The second-order valence-electron chi connectivity index (χ2n) is 5.08. The third-order valence-corrected chi connectivity index (χ3v) is 7.03. The van der Waals surface area contributed by atoms with Crippen molar-refractivity contribution in [3.63, 3.8) is 0 Å². The van der Waals surface area contributed by atoms with Gasteiger partial charge in [-0.15, -0.1) is 0 Å². The SMILES string of the molecule is CCO[Si](OC(C)C(F)(F)F)(c1ccccc1)c1ccccc1. The minimum atomic E-state index is -4.45. The number of hydrogen-bond donors (Lipinski definition) is 0. The summed E-state index contributed by atoms with van der Waals surface area (Å²) in [6, 6.07) is 17.8. The zero-order valence-corrected chi connectivity index (χ0v) is 14.0. The van der Waals surface area contributed by atoms with Crippen LogP contribution in [0, 0.1) is 0 Å². The summed E-state index contributed by atoms with van der Waals surface area (Å²) >= 11 is 0. The van der Waals surface area contributed by atoms with E-state index in [1.807, 2.05) is 12.1 Å². The van der Waals surface area contributed by atoms with E-state index in [4.69, 9.17) is 8.85 Å². The van der Waals surface area contributed by atoms with Crippen molar-refractivity contribution < 1.29 is 22.0 Å². The molecule has 1 unspecified atom stereocenters. The van der Waals surface area contributed by atoms with Crippen molar-refractivity contribution in [2.24, 2.45) is 0 Å². The normalized spacial score (nSPS) is 13.8. The average molecular weight is 340 g/mol. The molecule has 0 N–H and O–H groups in total. The van der Waals surface area contributed by atoms with Crippen LogP contribution in [-0.2, 0) is 8.85 Å². The van der Waals surface area contributed by atoms with E-state index in [1.165, 1.54) is 0 Å². The highest BCUT2D eigenvalue weighted by atomic mass is 28.4. The van der Waals surface area contributed by atoms with E-state index in [0.29, 0.717) is 10.4 Å². The van der Waals surface area contributed by atoms with Crippen LogP contribution < -0.4 is 10.4 Å². The van der Waals surface area contributed by atoms with Gasteiger partial charge in [0.25, 0.3) is 0 Å². The van der Waals surface area contributed by atoms with Crippen molar-refractivity contribution in [1.82, 2.24) is 0 Å². The van der Waals surface area contributed by atoms with Gasteiger partial charge in [-0.1, -0.05) is 60.7 Å². The lowest BCUT2D eigenvalue weighted by Crippen LogP contribution is -2.65. The van der Waals surface area contributed by atoms with Gasteiger partial charge in [-0.05, 0) is 24.2 Å². The summed E-state index contributed by atoms with van der Waals surface area (Å²) in [4.78, 5) is 0. The Bertz CT molecular complexity index is 563. The van der Waals surface area contributed by atoms with Gasteiger partial charge in [0.15, 0.2) is 0 Å². The maximum Gasteiger partial charge on any atom is 0.413 e. The lowest BCUT2D eigenvalue weighted by atomic mass is 10.4. The maximum absolute atomic E-state index is 13.1. The fraction of sp³-hybridized carbons (Fsp3) is 0.294. The van der Waals surface area contributed by atoms with Gasteiger partial charge in [-0.3, -0.25) is 0 Å². The molecule has 2 aromatic carbocycles. The highest BCUT2D eigenvalue weighted by Gasteiger charge is 2.49. The standard InChI is InChI=1S/C17H19F3O2Si/c1-3-21-23(15-10-6-4-7-11-15,16-12-8-5-9-13-16)22-14(2)17(18,19)20/h4-14H,3H2,1-2H3. The Balaban J connectivity index is 2.56. The van der Waals surface area contributed by atoms with Crippen LogP contribution in [0.4, 0.5) is 13.2 Å². The van der Waals surface area contributed by atoms with Crippen LogP contribution in [0.25, 0.3) is 0 Å². The lowest BCUT2D eigenvalue weighted by molar-refractivity contribution is -0.194. The van der Waals surface area contributed by atoms with Crippen LogP contribution in [0.3, 0.4) is 0 Å². The summed E-state index contributed by atoms with van der Waals surface area (Å²) in [6.45, 7) is 3.04. The molecule has 0 fully saturated rings. The zero-order valence-electron chi connectivity index (χ0n) is 13.0. The highest BCUT2D eigenvalue weighted by molar-refractivity contribution is 6.92. The van der Waals surface area contributed by atoms with E-state index in [9.17, 15) is 13.2 Å². The molecule has 6 heteroatoms. The van der Waals surface area contributed by atoms with Gasteiger partial charge in [0.05, 0.1) is 0 Å². The van der Waals surface area contributed by atoms with Crippen molar-refractivity contribution in [3.8, 4) is 0 Å². The lowest BCUT2D eigenvalue weighted by Gasteiger charge is -2.34. The van der Waals surface area contributed by atoms with E-state index in [-0.39, 0.29) is 6.61 Å². The molecule has 0 aromatic heterocycles. The first-order valence-corrected chi connectivity index (χ1v) is 9.21. The van der Waals surface area contributed by atoms with E-state index in [1.54, 1.807) is 55.5 Å². The van der Waals surface area contributed by atoms with Gasteiger partial charge >= 0.3 is 14.7 Å². The smallest absolute Gasteiger partial charge is 0.388 e. The first-order chi connectivity index (χ1) is 10.9. The quantitative estimate of drug-likeness (QED) is 0.752. The van der Waals surface area contributed by atoms with Crippen LogP contribution in [0.5, 0.6) is 0 Å². The molecule has 0 spiro atoms. The highest BCUT2D eigenvalue weighted by Crippen LogP contribution is 2.26. The van der Waals surface area contributed by atoms with Gasteiger partial charge in [0, 0.05) is 6.61 Å². The molecule has 0 heterocycles. The fourth-order valence-corrected chi connectivity index (χ4v) is 5.65. The van der Waals surface area contributed by atoms with Gasteiger partial charge in [0.2, 0.25) is 0 Å². The van der Waals surface area contributed by atoms with Crippen LogP contribution in [0.2, 0.25) is 0 Å². The van der Waals surface area contributed by atoms with Crippen LogP contribution in [0.1, 0.15) is 13.8 Å². The van der Waals surface area contributed by atoms with E-state index in [0.717, 1.165) is 6.92 Å². The third-order valence-electron chi connectivity index (χ3n) is 3.46. The average Bonchev–Trinajstić information content (AvgIpc) is 2.55. The largest absolute Gasteiger partial charge is 0.413 e. The molecular formula is C17H19F3O2Si. The molecule has 2 nitrogen and oxygen atoms in total. The summed E-state index contributed by atoms with van der Waals surface area (Å²) < 4.78 is 50.8. The molecule has 23 heavy (non-hydrogen) atoms. The van der Waals surface area contributed by atoms with Gasteiger partial charge in [-0.2, -0.15) is 13.2 Å². The zero-order chi connectivity index (χ0) is 16.9. The first-order valence-electron chi connectivity index (χ1n) is 7.39. The summed E-state index contributed by atoms with van der Waals surface area (Å²) in [7, 11) is -3.44. The Labute approximate surface area is 135 Å². The molecule has 2 aromatic rings. The summed E-state index contributed by atoms with van der Waals surface area (Å²) in [5, 5.41) is 1.31. The number of alkyl halides is 3. The minimum absolute atomic E-state index is 0.264. The third kappa shape index (κ3) is 4.02. The second-order valence-corrected chi connectivity index (χ2v) is 8.00. The Morgan fingerprint density at radius 2 is 1.35 bits per heavy atom. The molecule has 124 valence electrons.